The number of hydrogen-bond acceptors (Lipinski definition) is 2. The molecular formula is C51H49NS2. The Hall–Kier alpha value is -3.92. The third-order valence-corrected chi connectivity index (χ3v) is 17.2. The Balaban J connectivity index is 1.07. The fraction of sp³-hybridized carbons (Fsp3) is 0.333. The summed E-state index contributed by atoms with van der Waals surface area (Å²) < 4.78 is 2.50. The van der Waals surface area contributed by atoms with Crippen LogP contribution in [0, 0.1) is 35.0 Å². The number of para-hydroxylation sites is 2. The fourth-order valence-electron chi connectivity index (χ4n) is 11.6. The van der Waals surface area contributed by atoms with Crippen molar-refractivity contribution in [2.45, 2.75) is 67.6 Å². The zero-order valence-electron chi connectivity index (χ0n) is 31.4. The van der Waals surface area contributed by atoms with Crippen LogP contribution in [0.15, 0.2) is 167 Å². The number of allylic oxidation sites excluding steroid dienone is 16. The van der Waals surface area contributed by atoms with Gasteiger partial charge in [0, 0.05) is 55.9 Å². The lowest BCUT2D eigenvalue weighted by Crippen LogP contribution is -2.56. The average molecular weight is 740 g/mol. The van der Waals surface area contributed by atoms with Crippen LogP contribution < -0.4 is 0 Å². The molecule has 10 unspecified atom stereocenters. The Morgan fingerprint density at radius 1 is 0.704 bits per heavy atom. The van der Waals surface area contributed by atoms with Crippen molar-refractivity contribution in [2.24, 2.45) is 35.0 Å². The van der Waals surface area contributed by atoms with Crippen molar-refractivity contribution in [1.29, 1.82) is 0 Å². The first-order valence-electron chi connectivity index (χ1n) is 20.5. The second-order valence-corrected chi connectivity index (χ2v) is 19.7. The second-order valence-electron chi connectivity index (χ2n) is 17.0. The molecule has 1 nitrogen and oxygen atoms in total. The maximum atomic E-state index is 2.77. The van der Waals surface area contributed by atoms with Gasteiger partial charge in [-0.25, -0.2) is 0 Å². The summed E-state index contributed by atoms with van der Waals surface area (Å²) in [6, 6.07) is 20.1. The van der Waals surface area contributed by atoms with Crippen LogP contribution in [0.25, 0.3) is 22.7 Å². The number of rotatable bonds is 3. The summed E-state index contributed by atoms with van der Waals surface area (Å²) in [6.45, 7) is 5.04. The summed E-state index contributed by atoms with van der Waals surface area (Å²) in [5.74, 6) is 3.14. The third kappa shape index (κ3) is 4.99. The van der Waals surface area contributed by atoms with Crippen LogP contribution in [-0.2, 0) is 0 Å². The molecule has 3 aromatic rings. The second kappa shape index (κ2) is 13.1. The van der Waals surface area contributed by atoms with Gasteiger partial charge in [-0.2, -0.15) is 0 Å². The van der Waals surface area contributed by atoms with Crippen LogP contribution in [0.3, 0.4) is 0 Å². The van der Waals surface area contributed by atoms with E-state index in [0.29, 0.717) is 45.3 Å². The van der Waals surface area contributed by atoms with E-state index in [2.05, 4.69) is 188 Å². The molecule has 8 aliphatic rings. The van der Waals surface area contributed by atoms with Gasteiger partial charge in [-0.1, -0.05) is 135 Å². The third-order valence-electron chi connectivity index (χ3n) is 14.3. The molecular weight excluding hydrogens is 691 g/mol. The summed E-state index contributed by atoms with van der Waals surface area (Å²) in [5.41, 5.74) is 11.9. The SMILES string of the molecule is CC1CC2=C(CC1C)C1(C3=CC=CCC3S2)C2C=CC(C3C=CC=CC3)=CC2SC2C=C(C3CC=Cc4c3c3ccccc3n4-c3ccccc3)C=CC21. The lowest BCUT2D eigenvalue weighted by Gasteiger charge is -2.62. The van der Waals surface area contributed by atoms with Crippen LogP contribution in [0.5, 0.6) is 0 Å². The zero-order chi connectivity index (χ0) is 36.0. The summed E-state index contributed by atoms with van der Waals surface area (Å²) in [4.78, 5) is 1.74. The fourth-order valence-corrected chi connectivity index (χ4v) is 15.1. The van der Waals surface area contributed by atoms with E-state index in [0.717, 1.165) is 25.2 Å². The maximum absolute atomic E-state index is 2.77. The van der Waals surface area contributed by atoms with Gasteiger partial charge in [-0.15, -0.1) is 23.5 Å². The van der Waals surface area contributed by atoms with Gasteiger partial charge in [-0.3, -0.25) is 0 Å². The van der Waals surface area contributed by atoms with Crippen LogP contribution in [-0.4, -0.2) is 20.3 Å². The van der Waals surface area contributed by atoms with Gasteiger partial charge in [0.25, 0.3) is 0 Å². The molecule has 0 bridgehead atoms. The van der Waals surface area contributed by atoms with Crippen molar-refractivity contribution in [1.82, 2.24) is 4.57 Å². The number of thioether (sulfide) groups is 2. The molecule has 1 saturated heterocycles. The van der Waals surface area contributed by atoms with Crippen LogP contribution in [0.2, 0.25) is 0 Å². The first-order chi connectivity index (χ1) is 26.6. The standard InChI is InChI=1S/C51H49NS2/c1-32-28-43-47(29-33(32)2)53-46-23-12-10-20-40(46)51(43)41-26-24-35(34-14-5-3-6-15-34)30-48(41)54-49-31-36(25-27-42(49)51)38-19-13-22-45-50(38)39-18-9-11-21-44(39)52(45)37-16-7-4-8-17-37/h3-14,16-18,20-22,24-27,30-34,38,41-42,46,48-49H,15,19,23,28-29H2,1-2H3. The molecule has 1 spiro atoms. The van der Waals surface area contributed by atoms with Gasteiger partial charge in [0.1, 0.15) is 0 Å². The highest BCUT2D eigenvalue weighted by atomic mass is 32.2. The molecule has 6 aliphatic carbocycles. The highest BCUT2D eigenvalue weighted by molar-refractivity contribution is 8.04. The Kier molecular flexibility index (Phi) is 8.10. The molecule has 1 aromatic heterocycles. The van der Waals surface area contributed by atoms with Crippen molar-refractivity contribution >= 4 is 40.5 Å². The summed E-state index contributed by atoms with van der Waals surface area (Å²) in [6.07, 6.45) is 43.4. The molecule has 270 valence electrons. The molecule has 1 fully saturated rings. The minimum Gasteiger partial charge on any atom is -0.310 e. The predicted octanol–water partition coefficient (Wildman–Crippen LogP) is 13.3. The zero-order valence-corrected chi connectivity index (χ0v) is 33.0. The van der Waals surface area contributed by atoms with Gasteiger partial charge in [0.05, 0.1) is 11.2 Å². The molecule has 2 aromatic carbocycles. The minimum atomic E-state index is 0.00528. The maximum Gasteiger partial charge on any atom is 0.0537 e. The van der Waals surface area contributed by atoms with Crippen LogP contribution >= 0.6 is 23.5 Å². The Morgan fingerprint density at radius 3 is 2.30 bits per heavy atom. The molecule has 54 heavy (non-hydrogen) atoms. The van der Waals surface area contributed by atoms with Gasteiger partial charge >= 0.3 is 0 Å². The lowest BCUT2D eigenvalue weighted by molar-refractivity contribution is 0.188. The number of hydrogen-bond donors (Lipinski definition) is 0. The quantitative estimate of drug-likeness (QED) is 0.264. The Morgan fingerprint density at radius 2 is 1.46 bits per heavy atom. The van der Waals surface area contributed by atoms with Crippen LogP contribution in [0.1, 0.15) is 63.1 Å². The number of nitrogens with zero attached hydrogens (tertiary/aromatic N) is 1. The summed E-state index contributed by atoms with van der Waals surface area (Å²) in [5, 5.41) is 2.78. The van der Waals surface area contributed by atoms with Gasteiger partial charge in [0.2, 0.25) is 0 Å². The number of fused-ring (bicyclic) bond motifs is 10. The Labute approximate surface area is 329 Å². The molecule has 11 rings (SSSR count). The van der Waals surface area contributed by atoms with Crippen LogP contribution in [0.4, 0.5) is 0 Å². The molecule has 0 N–H and O–H groups in total. The molecule has 10 atom stereocenters. The van der Waals surface area contributed by atoms with E-state index in [1.807, 2.05) is 0 Å². The summed E-state index contributed by atoms with van der Waals surface area (Å²) in [7, 11) is 0. The minimum absolute atomic E-state index is 0.00528. The van der Waals surface area contributed by atoms with E-state index in [-0.39, 0.29) is 5.41 Å². The average Bonchev–Trinajstić information content (AvgIpc) is 3.56. The van der Waals surface area contributed by atoms with E-state index < -0.39 is 0 Å². The summed E-state index contributed by atoms with van der Waals surface area (Å²) >= 11 is 4.51. The van der Waals surface area contributed by atoms with E-state index in [1.54, 1.807) is 16.1 Å². The highest BCUT2D eigenvalue weighted by Crippen LogP contribution is 2.70. The van der Waals surface area contributed by atoms with E-state index in [4.69, 9.17) is 0 Å². The van der Waals surface area contributed by atoms with E-state index in [1.165, 1.54) is 51.8 Å². The van der Waals surface area contributed by atoms with E-state index >= 15 is 0 Å². The van der Waals surface area contributed by atoms with Crippen molar-refractivity contribution < 1.29 is 0 Å². The van der Waals surface area contributed by atoms with Gasteiger partial charge < -0.3 is 4.57 Å². The highest BCUT2D eigenvalue weighted by Gasteiger charge is 2.61. The lowest BCUT2D eigenvalue weighted by atomic mass is 9.51. The largest absolute Gasteiger partial charge is 0.310 e. The molecule has 0 amide bonds. The smallest absolute Gasteiger partial charge is 0.0537 e. The van der Waals surface area contributed by atoms with Gasteiger partial charge in [0.15, 0.2) is 0 Å². The van der Waals surface area contributed by atoms with E-state index in [9.17, 15) is 0 Å². The number of benzene rings is 2. The molecule has 3 heterocycles. The predicted molar refractivity (Wildman–Crippen MR) is 233 cm³/mol. The van der Waals surface area contributed by atoms with Gasteiger partial charge in [-0.05, 0) is 101 Å². The topological polar surface area (TPSA) is 4.93 Å². The van der Waals surface area contributed by atoms with Crippen molar-refractivity contribution in [2.75, 3.05) is 0 Å². The van der Waals surface area contributed by atoms with Crippen molar-refractivity contribution in [3.63, 3.8) is 0 Å². The van der Waals surface area contributed by atoms with Crippen molar-refractivity contribution in [3.05, 3.63) is 178 Å². The first kappa shape index (κ1) is 33.4. The number of aromatic nitrogens is 1. The molecule has 3 heteroatoms. The Bertz CT molecular complexity index is 2350. The monoisotopic (exact) mass is 739 g/mol. The normalized spacial score (nSPS) is 35.9. The van der Waals surface area contributed by atoms with Crippen molar-refractivity contribution in [3.8, 4) is 5.69 Å². The molecule has 0 radical (unpaired) electrons. The first-order valence-corrected chi connectivity index (χ1v) is 22.3. The molecule has 0 saturated carbocycles. The molecule has 2 aliphatic heterocycles.